The van der Waals surface area contributed by atoms with Crippen LogP contribution < -0.4 is 0 Å². The molecule has 3 heteroatoms. The minimum absolute atomic E-state index is 0.104. The molecule has 84 valence electrons. The molecule has 0 heterocycles. The fourth-order valence-corrected chi connectivity index (χ4v) is 2.27. The van der Waals surface area contributed by atoms with Crippen LogP contribution in [0.3, 0.4) is 0 Å². The lowest BCUT2D eigenvalue weighted by Gasteiger charge is -2.07. The summed E-state index contributed by atoms with van der Waals surface area (Å²) in [7, 11) is 0. The topological polar surface area (TPSA) is 17.1 Å². The molecule has 16 heavy (non-hydrogen) atoms. The Hall–Kier alpha value is -0.960. The summed E-state index contributed by atoms with van der Waals surface area (Å²) in [5.41, 5.74) is 1.37. The number of ketones is 1. The number of halogens is 2. The summed E-state index contributed by atoms with van der Waals surface area (Å²) in [5.74, 6) is -0.156. The Balaban J connectivity index is 2.42. The molecule has 0 fully saturated rings. The van der Waals surface area contributed by atoms with Crippen molar-refractivity contribution >= 4 is 27.3 Å². The smallest absolute Gasteiger partial charge is 0.155 e. The van der Waals surface area contributed by atoms with Crippen molar-refractivity contribution in [3.8, 4) is 0 Å². The molecule has 0 spiro atoms. The zero-order chi connectivity index (χ0) is 11.5. The van der Waals surface area contributed by atoms with Gasteiger partial charge in [-0.2, -0.15) is 0 Å². The van der Waals surface area contributed by atoms with E-state index >= 15 is 0 Å². The Labute approximate surface area is 102 Å². The zero-order valence-electron chi connectivity index (χ0n) is 8.80. The molecule has 1 nitrogen and oxygen atoms in total. The van der Waals surface area contributed by atoms with Crippen LogP contribution in [0.4, 0.5) is 4.39 Å². The number of hydrogen-bond donors (Lipinski definition) is 0. The van der Waals surface area contributed by atoms with E-state index in [4.69, 9.17) is 0 Å². The predicted molar refractivity (Wildman–Crippen MR) is 65.6 cm³/mol. The number of allylic oxidation sites excluding steroid dienone is 2. The van der Waals surface area contributed by atoms with Crippen molar-refractivity contribution in [3.63, 3.8) is 0 Å². The van der Waals surface area contributed by atoms with Gasteiger partial charge in [0.2, 0.25) is 0 Å². The normalized spacial score (nSPS) is 16.9. The molecule has 1 aliphatic rings. The third-order valence-corrected chi connectivity index (χ3v) is 3.22. The van der Waals surface area contributed by atoms with Crippen LogP contribution in [0, 0.1) is 5.82 Å². The summed E-state index contributed by atoms with van der Waals surface area (Å²) in [4.78, 5) is 11.5. The molecule has 0 N–H and O–H groups in total. The molecule has 1 aliphatic carbocycles. The van der Waals surface area contributed by atoms with Crippen molar-refractivity contribution in [2.75, 3.05) is 0 Å². The number of rotatable bonds is 1. The van der Waals surface area contributed by atoms with E-state index in [-0.39, 0.29) is 11.6 Å². The van der Waals surface area contributed by atoms with Crippen molar-refractivity contribution < 1.29 is 9.18 Å². The standard InChI is InChI=1S/C13H12BrFO/c14-10-5-6-13(15)12(8-10)9-3-1-2-4-11(16)7-9/h5-8H,1-4H2. The summed E-state index contributed by atoms with van der Waals surface area (Å²) in [5, 5.41) is 0. The first-order chi connectivity index (χ1) is 7.66. The van der Waals surface area contributed by atoms with Crippen molar-refractivity contribution in [2.45, 2.75) is 25.7 Å². The van der Waals surface area contributed by atoms with Gasteiger partial charge in [-0.25, -0.2) is 4.39 Å². The Bertz CT molecular complexity index is 451. The van der Waals surface area contributed by atoms with E-state index in [2.05, 4.69) is 15.9 Å². The first-order valence-electron chi connectivity index (χ1n) is 5.35. The van der Waals surface area contributed by atoms with E-state index in [1.54, 1.807) is 18.2 Å². The monoisotopic (exact) mass is 282 g/mol. The van der Waals surface area contributed by atoms with Gasteiger partial charge < -0.3 is 0 Å². The van der Waals surface area contributed by atoms with E-state index in [1.807, 2.05) is 0 Å². The van der Waals surface area contributed by atoms with Crippen LogP contribution in [0.25, 0.3) is 5.57 Å². The first kappa shape index (κ1) is 11.5. The van der Waals surface area contributed by atoms with Gasteiger partial charge >= 0.3 is 0 Å². The van der Waals surface area contributed by atoms with Gasteiger partial charge in [0.25, 0.3) is 0 Å². The highest BCUT2D eigenvalue weighted by Gasteiger charge is 2.13. The highest BCUT2D eigenvalue weighted by Crippen LogP contribution is 2.28. The lowest BCUT2D eigenvalue weighted by molar-refractivity contribution is -0.114. The summed E-state index contributed by atoms with van der Waals surface area (Å²) in [6, 6.07) is 4.83. The average molecular weight is 283 g/mol. The van der Waals surface area contributed by atoms with E-state index < -0.39 is 0 Å². The summed E-state index contributed by atoms with van der Waals surface area (Å²) in [6.07, 6.45) is 4.80. The fourth-order valence-electron chi connectivity index (χ4n) is 1.91. The molecule has 0 amide bonds. The van der Waals surface area contributed by atoms with E-state index in [0.29, 0.717) is 12.0 Å². The van der Waals surface area contributed by atoms with Crippen molar-refractivity contribution in [3.05, 3.63) is 40.1 Å². The first-order valence-corrected chi connectivity index (χ1v) is 6.15. The molecule has 0 atom stereocenters. The number of carbonyl (C=O) groups is 1. The lowest BCUT2D eigenvalue weighted by atomic mass is 10.0. The van der Waals surface area contributed by atoms with Crippen molar-refractivity contribution in [2.24, 2.45) is 0 Å². The quantitative estimate of drug-likeness (QED) is 0.758. The van der Waals surface area contributed by atoms with Gasteiger partial charge in [-0.05, 0) is 49.1 Å². The Morgan fingerprint density at radius 3 is 2.75 bits per heavy atom. The highest BCUT2D eigenvalue weighted by atomic mass is 79.9. The van der Waals surface area contributed by atoms with E-state index in [0.717, 1.165) is 29.3 Å². The van der Waals surface area contributed by atoms with E-state index in [9.17, 15) is 9.18 Å². The molecule has 2 rings (SSSR count). The van der Waals surface area contributed by atoms with Gasteiger partial charge in [0.15, 0.2) is 5.78 Å². The fraction of sp³-hybridized carbons (Fsp3) is 0.308. The van der Waals surface area contributed by atoms with Crippen LogP contribution >= 0.6 is 15.9 Å². The SMILES string of the molecule is O=C1C=C(c2cc(Br)ccc2F)CCCC1. The van der Waals surface area contributed by atoms with Gasteiger partial charge in [-0.1, -0.05) is 15.9 Å². The number of carbonyl (C=O) groups excluding carboxylic acids is 1. The highest BCUT2D eigenvalue weighted by molar-refractivity contribution is 9.10. The molecule has 1 aromatic rings. The molecular weight excluding hydrogens is 271 g/mol. The van der Waals surface area contributed by atoms with Crippen LogP contribution in [0.15, 0.2) is 28.7 Å². The van der Waals surface area contributed by atoms with Crippen LogP contribution in [-0.2, 0) is 4.79 Å². The second-order valence-corrected chi connectivity index (χ2v) is 4.88. The summed E-state index contributed by atoms with van der Waals surface area (Å²) >= 11 is 3.32. The molecule has 0 unspecified atom stereocenters. The summed E-state index contributed by atoms with van der Waals surface area (Å²) in [6.45, 7) is 0. The van der Waals surface area contributed by atoms with Gasteiger partial charge in [-0.15, -0.1) is 0 Å². The Morgan fingerprint density at radius 2 is 1.94 bits per heavy atom. The van der Waals surface area contributed by atoms with Gasteiger partial charge in [0, 0.05) is 16.5 Å². The van der Waals surface area contributed by atoms with Crippen LogP contribution in [0.1, 0.15) is 31.2 Å². The molecule has 1 aromatic carbocycles. The molecule has 0 aromatic heterocycles. The molecule has 0 bridgehead atoms. The van der Waals surface area contributed by atoms with Gasteiger partial charge in [0.1, 0.15) is 5.82 Å². The second-order valence-electron chi connectivity index (χ2n) is 3.97. The minimum atomic E-state index is -0.260. The van der Waals surface area contributed by atoms with E-state index in [1.165, 1.54) is 6.07 Å². The predicted octanol–water partition coefficient (Wildman–Crippen LogP) is 4.11. The minimum Gasteiger partial charge on any atom is -0.295 e. The number of benzene rings is 1. The maximum Gasteiger partial charge on any atom is 0.155 e. The van der Waals surface area contributed by atoms with Crippen molar-refractivity contribution in [1.82, 2.24) is 0 Å². The third kappa shape index (κ3) is 2.59. The largest absolute Gasteiger partial charge is 0.295 e. The van der Waals surface area contributed by atoms with Gasteiger partial charge in [-0.3, -0.25) is 4.79 Å². The van der Waals surface area contributed by atoms with Crippen LogP contribution in [0.5, 0.6) is 0 Å². The lowest BCUT2D eigenvalue weighted by Crippen LogP contribution is -1.93. The van der Waals surface area contributed by atoms with Crippen molar-refractivity contribution in [1.29, 1.82) is 0 Å². The van der Waals surface area contributed by atoms with Crippen LogP contribution in [-0.4, -0.2) is 5.78 Å². The molecule has 0 aliphatic heterocycles. The maximum absolute atomic E-state index is 13.6. The maximum atomic E-state index is 13.6. The van der Waals surface area contributed by atoms with Gasteiger partial charge in [0.05, 0.1) is 0 Å². The third-order valence-electron chi connectivity index (χ3n) is 2.73. The Morgan fingerprint density at radius 1 is 1.19 bits per heavy atom. The molecule has 0 saturated carbocycles. The molecule has 0 saturated heterocycles. The summed E-state index contributed by atoms with van der Waals surface area (Å²) < 4.78 is 14.5. The van der Waals surface area contributed by atoms with Crippen LogP contribution in [0.2, 0.25) is 0 Å². The average Bonchev–Trinajstić information content (AvgIpc) is 2.46. The number of hydrogen-bond acceptors (Lipinski definition) is 1. The molecular formula is C13H12BrFO. The Kier molecular flexibility index (Phi) is 3.54. The second kappa shape index (κ2) is 4.91. The molecule has 0 radical (unpaired) electrons. The zero-order valence-corrected chi connectivity index (χ0v) is 10.4.